The van der Waals surface area contributed by atoms with Gasteiger partial charge in [0.2, 0.25) is 0 Å². The second-order valence-corrected chi connectivity index (χ2v) is 5.82. The fourth-order valence-electron chi connectivity index (χ4n) is 2.11. The molecule has 0 aliphatic heterocycles. The molecule has 1 aromatic heterocycles. The van der Waals surface area contributed by atoms with Gasteiger partial charge in [-0.25, -0.2) is 0 Å². The van der Waals surface area contributed by atoms with Gasteiger partial charge in [-0.2, -0.15) is 0 Å². The molecule has 0 aliphatic rings. The molecule has 4 heteroatoms. The van der Waals surface area contributed by atoms with Crippen molar-refractivity contribution in [1.29, 1.82) is 0 Å². The lowest BCUT2D eigenvalue weighted by Crippen LogP contribution is -2.31. The molecule has 1 heterocycles. The molecular weight excluding hydrogens is 254 g/mol. The molecule has 0 saturated carbocycles. The summed E-state index contributed by atoms with van der Waals surface area (Å²) in [6.45, 7) is 8.29. The van der Waals surface area contributed by atoms with E-state index in [-0.39, 0.29) is 12.5 Å². The molecule has 108 valence electrons. The lowest BCUT2D eigenvalue weighted by molar-refractivity contribution is -0.153. The highest BCUT2D eigenvalue weighted by molar-refractivity contribution is 5.82. The van der Waals surface area contributed by atoms with Crippen molar-refractivity contribution < 1.29 is 13.9 Å². The highest BCUT2D eigenvalue weighted by Crippen LogP contribution is 2.24. The van der Waals surface area contributed by atoms with Gasteiger partial charge in [-0.15, -0.1) is 0 Å². The standard InChI is InChI=1S/C16H21NO3/c1-11-13(12-7-5-6-8-14(12)19-11)9-17-10-15(18)20-16(2,3)4/h5-8,17H,9-10H2,1-4H3. The van der Waals surface area contributed by atoms with Crippen molar-refractivity contribution >= 4 is 16.9 Å². The summed E-state index contributed by atoms with van der Waals surface area (Å²) in [5.74, 6) is 0.630. The number of carbonyl (C=O) groups excluding carboxylic acids is 1. The molecular formula is C16H21NO3. The highest BCUT2D eigenvalue weighted by Gasteiger charge is 2.16. The maximum absolute atomic E-state index is 11.6. The van der Waals surface area contributed by atoms with E-state index in [1.807, 2.05) is 52.0 Å². The van der Waals surface area contributed by atoms with Gasteiger partial charge in [-0.1, -0.05) is 18.2 Å². The largest absolute Gasteiger partial charge is 0.461 e. The average molecular weight is 275 g/mol. The van der Waals surface area contributed by atoms with E-state index in [1.54, 1.807) is 0 Å². The van der Waals surface area contributed by atoms with Crippen LogP contribution in [0.3, 0.4) is 0 Å². The number of aryl methyl sites for hydroxylation is 1. The minimum absolute atomic E-state index is 0.191. The van der Waals surface area contributed by atoms with Crippen molar-refractivity contribution in [2.45, 2.75) is 39.8 Å². The van der Waals surface area contributed by atoms with Crippen LogP contribution in [0.5, 0.6) is 0 Å². The minimum atomic E-state index is -0.447. The fourth-order valence-corrected chi connectivity index (χ4v) is 2.11. The molecule has 0 spiro atoms. The Morgan fingerprint density at radius 3 is 2.70 bits per heavy atom. The van der Waals surface area contributed by atoms with Crippen LogP contribution in [0, 0.1) is 6.92 Å². The zero-order chi connectivity index (χ0) is 14.8. The van der Waals surface area contributed by atoms with E-state index in [0.29, 0.717) is 6.54 Å². The molecule has 20 heavy (non-hydrogen) atoms. The van der Waals surface area contributed by atoms with Crippen molar-refractivity contribution in [3.05, 3.63) is 35.6 Å². The SMILES string of the molecule is Cc1oc2ccccc2c1CNCC(=O)OC(C)(C)C. The highest BCUT2D eigenvalue weighted by atomic mass is 16.6. The average Bonchev–Trinajstić information content (AvgIpc) is 2.64. The van der Waals surface area contributed by atoms with Crippen molar-refractivity contribution in [2.75, 3.05) is 6.54 Å². The van der Waals surface area contributed by atoms with Crippen LogP contribution in [0.4, 0.5) is 0 Å². The number of rotatable bonds is 4. The number of fused-ring (bicyclic) bond motifs is 1. The lowest BCUT2D eigenvalue weighted by atomic mass is 10.1. The smallest absolute Gasteiger partial charge is 0.320 e. The summed E-state index contributed by atoms with van der Waals surface area (Å²) in [5, 5.41) is 4.19. The van der Waals surface area contributed by atoms with Crippen LogP contribution in [-0.2, 0) is 16.1 Å². The first kappa shape index (κ1) is 14.6. The Kier molecular flexibility index (Phi) is 4.14. The maximum Gasteiger partial charge on any atom is 0.320 e. The van der Waals surface area contributed by atoms with E-state index in [4.69, 9.17) is 9.15 Å². The Morgan fingerprint density at radius 1 is 1.30 bits per heavy atom. The van der Waals surface area contributed by atoms with Crippen molar-refractivity contribution in [3.63, 3.8) is 0 Å². The van der Waals surface area contributed by atoms with Crippen molar-refractivity contribution in [1.82, 2.24) is 5.32 Å². The summed E-state index contributed by atoms with van der Waals surface area (Å²) in [5.41, 5.74) is 1.51. The van der Waals surface area contributed by atoms with Crippen LogP contribution in [0.25, 0.3) is 11.0 Å². The number of ether oxygens (including phenoxy) is 1. The van der Waals surface area contributed by atoms with Crippen molar-refractivity contribution in [3.8, 4) is 0 Å². The molecule has 2 aromatic rings. The predicted molar refractivity (Wildman–Crippen MR) is 78.5 cm³/mol. The first-order chi connectivity index (χ1) is 9.37. The van der Waals surface area contributed by atoms with Gasteiger partial charge in [-0.05, 0) is 33.8 Å². The van der Waals surface area contributed by atoms with Gasteiger partial charge in [0, 0.05) is 17.5 Å². The topological polar surface area (TPSA) is 51.5 Å². The summed E-state index contributed by atoms with van der Waals surface area (Å²) >= 11 is 0. The number of esters is 1. The Hall–Kier alpha value is -1.81. The molecule has 0 radical (unpaired) electrons. The molecule has 0 fully saturated rings. The number of hydrogen-bond donors (Lipinski definition) is 1. The molecule has 1 aromatic carbocycles. The van der Waals surface area contributed by atoms with Gasteiger partial charge in [0.1, 0.15) is 16.9 Å². The third-order valence-corrected chi connectivity index (χ3v) is 2.89. The van der Waals surface area contributed by atoms with Gasteiger partial charge < -0.3 is 14.5 Å². The molecule has 0 amide bonds. The minimum Gasteiger partial charge on any atom is -0.461 e. The molecule has 0 atom stereocenters. The summed E-state index contributed by atoms with van der Waals surface area (Å²) in [7, 11) is 0. The second kappa shape index (κ2) is 5.67. The van der Waals surface area contributed by atoms with E-state index in [0.717, 1.165) is 22.3 Å². The Morgan fingerprint density at radius 2 is 2.00 bits per heavy atom. The Balaban J connectivity index is 1.96. The van der Waals surface area contributed by atoms with Gasteiger partial charge in [0.05, 0.1) is 6.54 Å². The fraction of sp³-hybridized carbons (Fsp3) is 0.438. The second-order valence-electron chi connectivity index (χ2n) is 5.82. The normalized spacial score (nSPS) is 11.8. The third kappa shape index (κ3) is 3.61. The predicted octanol–water partition coefficient (Wildman–Crippen LogP) is 3.17. The van der Waals surface area contributed by atoms with Crippen LogP contribution >= 0.6 is 0 Å². The number of furan rings is 1. The molecule has 0 saturated heterocycles. The third-order valence-electron chi connectivity index (χ3n) is 2.89. The summed E-state index contributed by atoms with van der Waals surface area (Å²) in [6, 6.07) is 7.90. The van der Waals surface area contributed by atoms with Gasteiger partial charge in [0.15, 0.2) is 0 Å². The molecule has 2 rings (SSSR count). The van der Waals surface area contributed by atoms with Gasteiger partial charge >= 0.3 is 5.97 Å². The number of carbonyl (C=O) groups is 1. The van der Waals surface area contributed by atoms with E-state index in [1.165, 1.54) is 0 Å². The van der Waals surface area contributed by atoms with Crippen LogP contribution < -0.4 is 5.32 Å². The molecule has 1 N–H and O–H groups in total. The van der Waals surface area contributed by atoms with Gasteiger partial charge in [0.25, 0.3) is 0 Å². The zero-order valence-electron chi connectivity index (χ0n) is 12.4. The summed E-state index contributed by atoms with van der Waals surface area (Å²) in [4.78, 5) is 11.6. The Labute approximate surface area is 119 Å². The van der Waals surface area contributed by atoms with E-state index < -0.39 is 5.60 Å². The van der Waals surface area contributed by atoms with Crippen LogP contribution in [0.1, 0.15) is 32.1 Å². The van der Waals surface area contributed by atoms with E-state index in [2.05, 4.69) is 5.32 Å². The Bertz CT molecular complexity index is 608. The zero-order valence-corrected chi connectivity index (χ0v) is 12.4. The summed E-state index contributed by atoms with van der Waals surface area (Å²) < 4.78 is 10.9. The first-order valence-electron chi connectivity index (χ1n) is 6.76. The van der Waals surface area contributed by atoms with Crippen LogP contribution in [0.2, 0.25) is 0 Å². The summed E-state index contributed by atoms with van der Waals surface area (Å²) in [6.07, 6.45) is 0. The monoisotopic (exact) mass is 275 g/mol. The maximum atomic E-state index is 11.6. The van der Waals surface area contributed by atoms with Gasteiger partial charge in [-0.3, -0.25) is 4.79 Å². The van der Waals surface area contributed by atoms with Crippen LogP contribution in [-0.4, -0.2) is 18.1 Å². The quantitative estimate of drug-likeness (QED) is 0.871. The number of para-hydroxylation sites is 1. The number of hydrogen-bond acceptors (Lipinski definition) is 4. The van der Waals surface area contributed by atoms with Crippen LogP contribution in [0.15, 0.2) is 28.7 Å². The molecule has 4 nitrogen and oxygen atoms in total. The first-order valence-corrected chi connectivity index (χ1v) is 6.76. The number of nitrogens with one attached hydrogen (secondary N) is 1. The number of benzene rings is 1. The molecule has 0 bridgehead atoms. The molecule has 0 unspecified atom stereocenters. The molecule has 0 aliphatic carbocycles. The van der Waals surface area contributed by atoms with E-state index in [9.17, 15) is 4.79 Å². The van der Waals surface area contributed by atoms with E-state index >= 15 is 0 Å². The van der Waals surface area contributed by atoms with Crippen molar-refractivity contribution in [2.24, 2.45) is 0 Å². The lowest BCUT2D eigenvalue weighted by Gasteiger charge is -2.19.